The molecule has 1 atom stereocenters. The summed E-state index contributed by atoms with van der Waals surface area (Å²) in [4.78, 5) is 12.4. The Hall–Kier alpha value is -3.47. The van der Waals surface area contributed by atoms with E-state index in [-0.39, 0.29) is 17.0 Å². The van der Waals surface area contributed by atoms with E-state index in [1.807, 2.05) is 6.07 Å². The van der Waals surface area contributed by atoms with E-state index in [9.17, 15) is 13.2 Å². The van der Waals surface area contributed by atoms with Gasteiger partial charge in [0.25, 0.3) is 0 Å². The van der Waals surface area contributed by atoms with Gasteiger partial charge in [-0.05, 0) is 29.8 Å². The zero-order valence-electron chi connectivity index (χ0n) is 16.6. The third kappa shape index (κ3) is 5.11. The second-order valence-electron chi connectivity index (χ2n) is 6.20. The van der Waals surface area contributed by atoms with Crippen LogP contribution in [0.4, 0.5) is 0 Å². The van der Waals surface area contributed by atoms with Gasteiger partial charge in [0.1, 0.15) is 0 Å². The number of benzene rings is 2. The van der Waals surface area contributed by atoms with Crippen molar-refractivity contribution in [2.45, 2.75) is 10.9 Å². The van der Waals surface area contributed by atoms with Crippen molar-refractivity contribution in [3.63, 3.8) is 0 Å². The number of carbonyl (C=O) groups is 1. The fourth-order valence-electron chi connectivity index (χ4n) is 2.86. The molecule has 1 unspecified atom stereocenters. The van der Waals surface area contributed by atoms with Gasteiger partial charge < -0.3 is 4.74 Å². The molecule has 0 saturated carbocycles. The van der Waals surface area contributed by atoms with Crippen LogP contribution in [0.1, 0.15) is 17.2 Å². The molecule has 0 amide bonds. The molecule has 154 valence electrons. The third-order valence-electron chi connectivity index (χ3n) is 4.33. The molecule has 0 radical (unpaired) electrons. The van der Waals surface area contributed by atoms with Crippen LogP contribution in [0.3, 0.4) is 0 Å². The molecule has 0 aliphatic heterocycles. The Morgan fingerprint density at radius 2 is 1.83 bits per heavy atom. The number of nitriles is 1. The molecule has 0 spiro atoms. The van der Waals surface area contributed by atoms with E-state index in [2.05, 4.69) is 13.2 Å². The van der Waals surface area contributed by atoms with Crippen LogP contribution in [0.5, 0.6) is 0 Å². The standard InChI is InChI=1S/C23H22N2O4S/c1-4-5-9-16-25(30(27,28)21-10-7-6-8-11-21)22(18(2)23(26)29-3)20-14-12-19(17-24)13-15-20/h4-15,22H,1-2,16H2,3H3/b9-5+. The predicted molar refractivity (Wildman–Crippen MR) is 115 cm³/mol. The van der Waals surface area contributed by atoms with E-state index in [0.29, 0.717) is 11.1 Å². The SMILES string of the molecule is C=C/C=C/CN(C(C(=C)C(=O)OC)c1ccc(C#N)cc1)S(=O)(=O)c1ccccc1. The van der Waals surface area contributed by atoms with Crippen LogP contribution in [0.25, 0.3) is 0 Å². The second kappa shape index (κ2) is 10.3. The summed E-state index contributed by atoms with van der Waals surface area (Å²) in [6.45, 7) is 7.37. The minimum Gasteiger partial charge on any atom is -0.466 e. The van der Waals surface area contributed by atoms with Crippen LogP contribution >= 0.6 is 0 Å². The molecular weight excluding hydrogens is 400 g/mol. The summed E-state index contributed by atoms with van der Waals surface area (Å²) in [5.41, 5.74) is 0.842. The molecule has 2 aromatic rings. The number of hydrogen-bond donors (Lipinski definition) is 0. The molecular formula is C23H22N2O4S. The van der Waals surface area contributed by atoms with Crippen molar-refractivity contribution >= 4 is 16.0 Å². The highest BCUT2D eigenvalue weighted by atomic mass is 32.2. The van der Waals surface area contributed by atoms with Crippen LogP contribution in [-0.4, -0.2) is 32.3 Å². The number of hydrogen-bond acceptors (Lipinski definition) is 5. The van der Waals surface area contributed by atoms with E-state index < -0.39 is 22.0 Å². The van der Waals surface area contributed by atoms with Crippen LogP contribution in [0, 0.1) is 11.3 Å². The quantitative estimate of drug-likeness (QED) is 0.349. The fourth-order valence-corrected chi connectivity index (χ4v) is 4.44. The summed E-state index contributed by atoms with van der Waals surface area (Å²) in [6, 6.07) is 15.2. The number of esters is 1. The Balaban J connectivity index is 2.68. The molecule has 0 saturated heterocycles. The lowest BCUT2D eigenvalue weighted by Crippen LogP contribution is -2.37. The van der Waals surface area contributed by atoms with Crippen LogP contribution in [0.2, 0.25) is 0 Å². The Morgan fingerprint density at radius 3 is 2.37 bits per heavy atom. The molecule has 0 heterocycles. The lowest BCUT2D eigenvalue weighted by Gasteiger charge is -2.31. The van der Waals surface area contributed by atoms with E-state index in [1.165, 1.54) is 29.6 Å². The monoisotopic (exact) mass is 422 g/mol. The summed E-state index contributed by atoms with van der Waals surface area (Å²) in [5, 5.41) is 9.07. The van der Waals surface area contributed by atoms with Gasteiger partial charge in [-0.2, -0.15) is 9.57 Å². The van der Waals surface area contributed by atoms with Crippen LogP contribution < -0.4 is 0 Å². The Kier molecular flexibility index (Phi) is 7.87. The lowest BCUT2D eigenvalue weighted by molar-refractivity contribution is -0.136. The van der Waals surface area contributed by atoms with Crippen molar-refractivity contribution < 1.29 is 17.9 Å². The van der Waals surface area contributed by atoms with Crippen molar-refractivity contribution in [3.05, 3.63) is 103 Å². The number of nitrogens with zero attached hydrogens (tertiary/aromatic N) is 2. The third-order valence-corrected chi connectivity index (χ3v) is 6.17. The van der Waals surface area contributed by atoms with Gasteiger partial charge in [0.2, 0.25) is 10.0 Å². The normalized spacial score (nSPS) is 12.3. The number of allylic oxidation sites excluding steroid dienone is 2. The molecule has 30 heavy (non-hydrogen) atoms. The molecule has 7 heteroatoms. The maximum atomic E-state index is 13.5. The Bertz CT molecular complexity index is 1080. The summed E-state index contributed by atoms with van der Waals surface area (Å²) in [5.74, 6) is -0.731. The van der Waals surface area contributed by atoms with Crippen molar-refractivity contribution in [1.29, 1.82) is 5.26 Å². The smallest absolute Gasteiger partial charge is 0.335 e. The van der Waals surface area contributed by atoms with Gasteiger partial charge in [-0.1, -0.05) is 61.7 Å². The van der Waals surface area contributed by atoms with E-state index in [4.69, 9.17) is 10.00 Å². The Labute approximate surface area is 177 Å². The first-order chi connectivity index (χ1) is 14.4. The minimum atomic E-state index is -4.02. The fraction of sp³-hybridized carbons (Fsp3) is 0.130. The minimum absolute atomic E-state index is 0.0378. The zero-order chi connectivity index (χ0) is 22.1. The summed E-state index contributed by atoms with van der Waals surface area (Å²) in [6.07, 6.45) is 4.76. The molecule has 0 aromatic heterocycles. The molecule has 0 aliphatic rings. The first-order valence-electron chi connectivity index (χ1n) is 8.98. The molecule has 2 rings (SSSR count). The summed E-state index contributed by atoms with van der Waals surface area (Å²) < 4.78 is 33.0. The average Bonchev–Trinajstić information content (AvgIpc) is 2.78. The Morgan fingerprint density at radius 1 is 1.20 bits per heavy atom. The second-order valence-corrected chi connectivity index (χ2v) is 8.10. The van der Waals surface area contributed by atoms with E-state index in [0.717, 1.165) is 0 Å². The molecule has 2 aromatic carbocycles. The van der Waals surface area contributed by atoms with Crippen LogP contribution in [-0.2, 0) is 19.6 Å². The van der Waals surface area contributed by atoms with Gasteiger partial charge in [-0.3, -0.25) is 0 Å². The zero-order valence-corrected chi connectivity index (χ0v) is 17.4. The number of methoxy groups -OCH3 is 1. The number of ether oxygens (including phenoxy) is 1. The van der Waals surface area contributed by atoms with Gasteiger partial charge in [0, 0.05) is 6.54 Å². The number of rotatable bonds is 9. The predicted octanol–water partition coefficient (Wildman–Crippen LogP) is 3.76. The molecule has 0 fully saturated rings. The maximum absolute atomic E-state index is 13.5. The average molecular weight is 423 g/mol. The number of sulfonamides is 1. The van der Waals surface area contributed by atoms with Crippen molar-refractivity contribution in [2.75, 3.05) is 13.7 Å². The van der Waals surface area contributed by atoms with Crippen molar-refractivity contribution in [3.8, 4) is 6.07 Å². The number of carbonyl (C=O) groups excluding carboxylic acids is 1. The maximum Gasteiger partial charge on any atom is 0.335 e. The van der Waals surface area contributed by atoms with Gasteiger partial charge in [-0.15, -0.1) is 0 Å². The highest BCUT2D eigenvalue weighted by Crippen LogP contribution is 2.33. The first kappa shape index (κ1) is 22.8. The highest BCUT2D eigenvalue weighted by molar-refractivity contribution is 7.89. The molecule has 6 nitrogen and oxygen atoms in total. The van der Waals surface area contributed by atoms with Gasteiger partial charge in [-0.25, -0.2) is 13.2 Å². The van der Waals surface area contributed by atoms with Crippen molar-refractivity contribution in [2.24, 2.45) is 0 Å². The van der Waals surface area contributed by atoms with Crippen molar-refractivity contribution in [1.82, 2.24) is 4.31 Å². The van der Waals surface area contributed by atoms with E-state index >= 15 is 0 Å². The largest absolute Gasteiger partial charge is 0.466 e. The molecule has 0 N–H and O–H groups in total. The van der Waals surface area contributed by atoms with E-state index in [1.54, 1.807) is 54.6 Å². The molecule has 0 aliphatic carbocycles. The summed E-state index contributed by atoms with van der Waals surface area (Å²) >= 11 is 0. The molecule has 0 bridgehead atoms. The summed E-state index contributed by atoms with van der Waals surface area (Å²) in [7, 11) is -2.81. The highest BCUT2D eigenvalue weighted by Gasteiger charge is 2.36. The van der Waals surface area contributed by atoms with Crippen LogP contribution in [0.15, 0.2) is 96.5 Å². The van der Waals surface area contributed by atoms with Gasteiger partial charge in [0.05, 0.1) is 35.3 Å². The van der Waals surface area contributed by atoms with Gasteiger partial charge >= 0.3 is 5.97 Å². The topological polar surface area (TPSA) is 87.5 Å². The van der Waals surface area contributed by atoms with Gasteiger partial charge in [0.15, 0.2) is 0 Å². The first-order valence-corrected chi connectivity index (χ1v) is 10.4. The lowest BCUT2D eigenvalue weighted by atomic mass is 9.98.